The van der Waals surface area contributed by atoms with Crippen molar-refractivity contribution in [2.45, 2.75) is 19.8 Å². The Hall–Kier alpha value is -1.59. The monoisotopic (exact) mass is 219 g/mol. The van der Waals surface area contributed by atoms with E-state index in [2.05, 4.69) is 4.98 Å². The first-order valence-corrected chi connectivity index (χ1v) is 4.07. The molecular formula is C9H8F3NO2. The summed E-state index contributed by atoms with van der Waals surface area (Å²) in [6.07, 6.45) is -2.82. The summed E-state index contributed by atoms with van der Waals surface area (Å²) in [5.74, 6) is -2.21. The quantitative estimate of drug-likeness (QED) is 0.792. The highest BCUT2D eigenvalue weighted by atomic mass is 19.3. The number of alkyl halides is 2. The third-order valence-corrected chi connectivity index (χ3v) is 1.99. The smallest absolute Gasteiger partial charge is 0.307 e. The Bertz CT molecular complexity index is 393. The predicted octanol–water partition coefficient (Wildman–Crippen LogP) is 2.09. The maximum atomic E-state index is 12.9. The minimum atomic E-state index is -2.86. The van der Waals surface area contributed by atoms with Crippen molar-refractivity contribution < 1.29 is 23.1 Å². The predicted molar refractivity (Wildman–Crippen MR) is 45.2 cm³/mol. The number of halogens is 3. The standard InChI is InChI=1S/C9H8F3NO2/c1-4-5(2-7(14)15)6(8(10)11)3-13-9(4)12/h3,8H,2H2,1H3,(H,14,15). The van der Waals surface area contributed by atoms with Gasteiger partial charge in [0.05, 0.1) is 6.42 Å². The Morgan fingerprint density at radius 2 is 2.20 bits per heavy atom. The van der Waals surface area contributed by atoms with E-state index >= 15 is 0 Å². The molecule has 1 aromatic rings. The highest BCUT2D eigenvalue weighted by molar-refractivity contribution is 5.71. The van der Waals surface area contributed by atoms with Gasteiger partial charge < -0.3 is 5.11 Å². The summed E-state index contributed by atoms with van der Waals surface area (Å²) < 4.78 is 37.8. The van der Waals surface area contributed by atoms with Gasteiger partial charge in [0.15, 0.2) is 0 Å². The molecule has 0 aliphatic rings. The van der Waals surface area contributed by atoms with Gasteiger partial charge in [0.2, 0.25) is 5.95 Å². The highest BCUT2D eigenvalue weighted by Crippen LogP contribution is 2.25. The highest BCUT2D eigenvalue weighted by Gasteiger charge is 2.19. The SMILES string of the molecule is Cc1c(F)ncc(C(F)F)c1CC(=O)O. The van der Waals surface area contributed by atoms with Gasteiger partial charge in [0.25, 0.3) is 6.43 Å². The lowest BCUT2D eigenvalue weighted by Gasteiger charge is -2.09. The molecule has 0 spiro atoms. The lowest BCUT2D eigenvalue weighted by molar-refractivity contribution is -0.136. The van der Waals surface area contributed by atoms with E-state index in [1.807, 2.05) is 0 Å². The Morgan fingerprint density at radius 1 is 1.60 bits per heavy atom. The van der Waals surface area contributed by atoms with E-state index in [4.69, 9.17) is 5.11 Å². The second-order valence-corrected chi connectivity index (χ2v) is 2.98. The molecule has 0 amide bonds. The molecule has 1 N–H and O–H groups in total. The van der Waals surface area contributed by atoms with Crippen LogP contribution in [-0.4, -0.2) is 16.1 Å². The number of carboxylic acids is 1. The van der Waals surface area contributed by atoms with Crippen LogP contribution in [0.25, 0.3) is 0 Å². The number of carbonyl (C=O) groups is 1. The largest absolute Gasteiger partial charge is 0.481 e. The maximum Gasteiger partial charge on any atom is 0.307 e. The van der Waals surface area contributed by atoms with Crippen LogP contribution in [0.5, 0.6) is 0 Å². The van der Waals surface area contributed by atoms with Crippen molar-refractivity contribution in [2.24, 2.45) is 0 Å². The second-order valence-electron chi connectivity index (χ2n) is 2.98. The van der Waals surface area contributed by atoms with Crippen LogP contribution in [-0.2, 0) is 11.2 Å². The first-order chi connectivity index (χ1) is 6.93. The van der Waals surface area contributed by atoms with E-state index in [-0.39, 0.29) is 11.1 Å². The molecule has 1 rings (SSSR count). The van der Waals surface area contributed by atoms with Gasteiger partial charge in [-0.05, 0) is 12.5 Å². The third kappa shape index (κ3) is 2.45. The Morgan fingerprint density at radius 3 is 2.67 bits per heavy atom. The van der Waals surface area contributed by atoms with Gasteiger partial charge in [0, 0.05) is 17.3 Å². The Kier molecular flexibility index (Phi) is 3.28. The van der Waals surface area contributed by atoms with Gasteiger partial charge in [-0.25, -0.2) is 13.8 Å². The van der Waals surface area contributed by atoms with E-state index in [0.717, 1.165) is 0 Å². The molecule has 0 aromatic carbocycles. The van der Waals surface area contributed by atoms with Crippen molar-refractivity contribution >= 4 is 5.97 Å². The number of aliphatic carboxylic acids is 1. The fourth-order valence-corrected chi connectivity index (χ4v) is 1.22. The van der Waals surface area contributed by atoms with E-state index in [0.29, 0.717) is 6.20 Å². The van der Waals surface area contributed by atoms with Crippen LogP contribution in [0.15, 0.2) is 6.20 Å². The van der Waals surface area contributed by atoms with Crippen LogP contribution in [0, 0.1) is 12.9 Å². The van der Waals surface area contributed by atoms with Gasteiger partial charge in [-0.15, -0.1) is 0 Å². The minimum Gasteiger partial charge on any atom is -0.481 e. The molecule has 82 valence electrons. The van der Waals surface area contributed by atoms with E-state index in [1.54, 1.807) is 0 Å². The van der Waals surface area contributed by atoms with Crippen LogP contribution >= 0.6 is 0 Å². The number of rotatable bonds is 3. The molecule has 0 saturated carbocycles. The summed E-state index contributed by atoms with van der Waals surface area (Å²) in [6, 6.07) is 0. The number of hydrogen-bond donors (Lipinski definition) is 1. The molecule has 1 aromatic heterocycles. The normalized spacial score (nSPS) is 10.7. The van der Waals surface area contributed by atoms with Gasteiger partial charge >= 0.3 is 5.97 Å². The van der Waals surface area contributed by atoms with Crippen LogP contribution < -0.4 is 0 Å². The van der Waals surface area contributed by atoms with Gasteiger partial charge in [-0.2, -0.15) is 4.39 Å². The van der Waals surface area contributed by atoms with Crippen molar-refractivity contribution in [2.75, 3.05) is 0 Å². The molecule has 0 aliphatic carbocycles. The average Bonchev–Trinajstić information content (AvgIpc) is 2.12. The lowest BCUT2D eigenvalue weighted by atomic mass is 10.0. The van der Waals surface area contributed by atoms with E-state index in [1.165, 1.54) is 6.92 Å². The molecule has 0 bridgehead atoms. The first kappa shape index (κ1) is 11.5. The molecular weight excluding hydrogens is 211 g/mol. The van der Waals surface area contributed by atoms with Crippen molar-refractivity contribution in [1.29, 1.82) is 0 Å². The molecule has 0 saturated heterocycles. The molecule has 0 aliphatic heterocycles. The number of nitrogens with zero attached hydrogens (tertiary/aromatic N) is 1. The fourth-order valence-electron chi connectivity index (χ4n) is 1.22. The van der Waals surface area contributed by atoms with Crippen molar-refractivity contribution in [3.05, 3.63) is 28.8 Å². The van der Waals surface area contributed by atoms with Gasteiger partial charge in [-0.3, -0.25) is 4.79 Å². The lowest BCUT2D eigenvalue weighted by Crippen LogP contribution is -2.09. The Labute approximate surface area is 83.6 Å². The molecule has 1 heterocycles. The van der Waals surface area contributed by atoms with E-state index < -0.39 is 30.3 Å². The first-order valence-electron chi connectivity index (χ1n) is 4.07. The summed E-state index contributed by atoms with van der Waals surface area (Å²) in [4.78, 5) is 13.5. The van der Waals surface area contributed by atoms with Crippen LogP contribution in [0.4, 0.5) is 13.2 Å². The number of pyridine rings is 1. The van der Waals surface area contributed by atoms with Crippen molar-refractivity contribution in [3.8, 4) is 0 Å². The zero-order valence-corrected chi connectivity index (χ0v) is 7.80. The molecule has 0 unspecified atom stereocenters. The zero-order valence-electron chi connectivity index (χ0n) is 7.80. The number of carboxylic acid groups (broad SMARTS) is 1. The summed E-state index contributed by atoms with van der Waals surface area (Å²) in [6.45, 7) is 1.23. The Balaban J connectivity index is 3.28. The molecule has 3 nitrogen and oxygen atoms in total. The van der Waals surface area contributed by atoms with Gasteiger partial charge in [-0.1, -0.05) is 0 Å². The third-order valence-electron chi connectivity index (χ3n) is 1.99. The second kappa shape index (κ2) is 4.29. The summed E-state index contributed by atoms with van der Waals surface area (Å²) in [5.41, 5.74) is -0.878. The fraction of sp³-hybridized carbons (Fsp3) is 0.333. The summed E-state index contributed by atoms with van der Waals surface area (Å²) >= 11 is 0. The van der Waals surface area contributed by atoms with E-state index in [9.17, 15) is 18.0 Å². The maximum absolute atomic E-state index is 12.9. The van der Waals surface area contributed by atoms with Crippen molar-refractivity contribution in [1.82, 2.24) is 4.98 Å². The minimum absolute atomic E-state index is 0.143. The molecule has 6 heteroatoms. The van der Waals surface area contributed by atoms with Crippen LogP contribution in [0.2, 0.25) is 0 Å². The molecule has 15 heavy (non-hydrogen) atoms. The van der Waals surface area contributed by atoms with Crippen LogP contribution in [0.3, 0.4) is 0 Å². The summed E-state index contributed by atoms with van der Waals surface area (Å²) in [5, 5.41) is 8.50. The summed E-state index contributed by atoms with van der Waals surface area (Å²) in [7, 11) is 0. The topological polar surface area (TPSA) is 50.2 Å². The van der Waals surface area contributed by atoms with Crippen molar-refractivity contribution in [3.63, 3.8) is 0 Å². The average molecular weight is 219 g/mol. The molecule has 0 atom stereocenters. The van der Waals surface area contributed by atoms with Crippen LogP contribution in [0.1, 0.15) is 23.1 Å². The number of hydrogen-bond acceptors (Lipinski definition) is 2. The van der Waals surface area contributed by atoms with Gasteiger partial charge in [0.1, 0.15) is 0 Å². The molecule has 0 radical (unpaired) electrons. The molecule has 0 fully saturated rings. The zero-order chi connectivity index (χ0) is 11.6. The number of aromatic nitrogens is 1.